The second-order valence-electron chi connectivity index (χ2n) is 4.04. The highest BCUT2D eigenvalue weighted by Gasteiger charge is 2.04. The molecule has 0 spiro atoms. The molecule has 1 aromatic heterocycles. The van der Waals surface area contributed by atoms with E-state index < -0.39 is 0 Å². The average molecular weight is 255 g/mol. The lowest BCUT2D eigenvalue weighted by molar-refractivity contribution is 0.305. The number of thioether (sulfide) groups is 1. The summed E-state index contributed by atoms with van der Waals surface area (Å²) in [6, 6.07) is 3.80. The normalized spacial score (nSPS) is 10.8. The van der Waals surface area contributed by atoms with Crippen LogP contribution in [0.25, 0.3) is 0 Å². The summed E-state index contributed by atoms with van der Waals surface area (Å²) in [7, 11) is 4.12. The highest BCUT2D eigenvalue weighted by atomic mass is 32.2. The van der Waals surface area contributed by atoms with Gasteiger partial charge in [-0.3, -0.25) is 0 Å². The van der Waals surface area contributed by atoms with E-state index >= 15 is 0 Å². The highest BCUT2D eigenvalue weighted by Crippen LogP contribution is 2.24. The highest BCUT2D eigenvalue weighted by molar-refractivity contribution is 7.99. The van der Waals surface area contributed by atoms with Gasteiger partial charge in [0.1, 0.15) is 5.03 Å². The minimum Gasteiger partial charge on any atom is -0.476 e. The number of hydrogen-bond donors (Lipinski definition) is 1. The predicted octanol–water partition coefficient (Wildman–Crippen LogP) is 2.11. The molecular weight excluding hydrogens is 234 g/mol. The lowest BCUT2D eigenvalue weighted by Crippen LogP contribution is -2.14. The van der Waals surface area contributed by atoms with E-state index in [1.165, 1.54) is 0 Å². The fourth-order valence-electron chi connectivity index (χ4n) is 1.16. The van der Waals surface area contributed by atoms with Gasteiger partial charge >= 0.3 is 0 Å². The molecule has 96 valence electrons. The Balaban J connectivity index is 2.55. The first-order valence-corrected chi connectivity index (χ1v) is 6.79. The number of nitrogens with two attached hydrogens (primary N) is 1. The van der Waals surface area contributed by atoms with Crippen LogP contribution in [0.4, 0.5) is 5.69 Å². The Morgan fingerprint density at radius 3 is 2.82 bits per heavy atom. The molecule has 17 heavy (non-hydrogen) atoms. The topological polar surface area (TPSA) is 51.4 Å². The van der Waals surface area contributed by atoms with Gasteiger partial charge in [0.05, 0.1) is 12.3 Å². The van der Waals surface area contributed by atoms with Gasteiger partial charge in [0.25, 0.3) is 0 Å². The third-order valence-corrected chi connectivity index (χ3v) is 3.01. The minimum atomic E-state index is 0.557. The molecule has 0 amide bonds. The Morgan fingerprint density at radius 2 is 2.18 bits per heavy atom. The molecule has 0 aliphatic heterocycles. The summed E-state index contributed by atoms with van der Waals surface area (Å²) in [5, 5.41) is 0.965. The van der Waals surface area contributed by atoms with Gasteiger partial charge in [-0.25, -0.2) is 4.98 Å². The van der Waals surface area contributed by atoms with Crippen LogP contribution >= 0.6 is 11.8 Å². The van der Waals surface area contributed by atoms with Crippen LogP contribution in [0, 0.1) is 0 Å². The summed E-state index contributed by atoms with van der Waals surface area (Å²) in [6.45, 7) is 3.75. The van der Waals surface area contributed by atoms with E-state index in [1.807, 2.05) is 12.1 Å². The monoisotopic (exact) mass is 255 g/mol. The molecule has 0 radical (unpaired) electrons. The predicted molar refractivity (Wildman–Crippen MR) is 73.7 cm³/mol. The van der Waals surface area contributed by atoms with Crippen molar-refractivity contribution in [2.75, 3.05) is 38.7 Å². The van der Waals surface area contributed by atoms with E-state index in [0.717, 1.165) is 23.7 Å². The lowest BCUT2D eigenvalue weighted by Gasteiger charge is -2.10. The summed E-state index contributed by atoms with van der Waals surface area (Å²) in [6.07, 6.45) is 0.957. The quantitative estimate of drug-likeness (QED) is 0.756. The van der Waals surface area contributed by atoms with Crippen LogP contribution in [0.3, 0.4) is 0 Å². The second-order valence-corrected chi connectivity index (χ2v) is 5.16. The molecule has 0 aromatic carbocycles. The third-order valence-electron chi connectivity index (χ3n) is 2.10. The molecule has 0 aliphatic rings. The Hall–Kier alpha value is -0.940. The fraction of sp³-hybridized carbons (Fsp3) is 0.583. The molecule has 5 heteroatoms. The van der Waals surface area contributed by atoms with Gasteiger partial charge in [-0.15, -0.1) is 11.8 Å². The molecule has 4 nitrogen and oxygen atoms in total. The van der Waals surface area contributed by atoms with Gasteiger partial charge in [-0.1, -0.05) is 6.92 Å². The maximum atomic E-state index is 5.80. The van der Waals surface area contributed by atoms with E-state index in [9.17, 15) is 0 Å². The molecule has 0 fully saturated rings. The maximum absolute atomic E-state index is 5.80. The van der Waals surface area contributed by atoms with Crippen LogP contribution in [0.1, 0.15) is 13.3 Å². The molecule has 0 saturated carbocycles. The molecular formula is C12H21N3OS. The molecule has 0 aliphatic carbocycles. The number of nitrogens with zero attached hydrogens (tertiary/aromatic N) is 2. The fourth-order valence-corrected chi connectivity index (χ4v) is 2.14. The van der Waals surface area contributed by atoms with Crippen molar-refractivity contribution in [3.05, 3.63) is 12.1 Å². The van der Waals surface area contributed by atoms with Gasteiger partial charge < -0.3 is 15.4 Å². The smallest absolute Gasteiger partial charge is 0.238 e. The van der Waals surface area contributed by atoms with Crippen LogP contribution in [0.15, 0.2) is 17.2 Å². The van der Waals surface area contributed by atoms with Gasteiger partial charge in [0, 0.05) is 12.3 Å². The number of anilines is 1. The number of hydrogen-bond acceptors (Lipinski definition) is 5. The Kier molecular flexibility index (Phi) is 6.15. The minimum absolute atomic E-state index is 0.557. The molecule has 0 atom stereocenters. The lowest BCUT2D eigenvalue weighted by atomic mass is 10.4. The first kappa shape index (κ1) is 14.1. The van der Waals surface area contributed by atoms with Crippen LogP contribution in [0.2, 0.25) is 0 Å². The zero-order valence-electron chi connectivity index (χ0n) is 10.8. The Labute approximate surface area is 108 Å². The molecule has 1 rings (SSSR count). The molecule has 0 unspecified atom stereocenters. The van der Waals surface area contributed by atoms with Crippen LogP contribution in [0.5, 0.6) is 5.88 Å². The van der Waals surface area contributed by atoms with E-state index in [4.69, 9.17) is 10.5 Å². The first-order valence-electron chi connectivity index (χ1n) is 5.80. The SMILES string of the molecule is CCCOc1nc(SCCN(C)C)ccc1N. The zero-order valence-corrected chi connectivity index (χ0v) is 11.6. The average Bonchev–Trinajstić information content (AvgIpc) is 2.29. The zero-order chi connectivity index (χ0) is 12.7. The van der Waals surface area contributed by atoms with Crippen molar-refractivity contribution in [3.63, 3.8) is 0 Å². The Morgan fingerprint density at radius 1 is 1.41 bits per heavy atom. The number of rotatable bonds is 7. The van der Waals surface area contributed by atoms with E-state index in [2.05, 4.69) is 30.9 Å². The summed E-state index contributed by atoms with van der Waals surface area (Å²) >= 11 is 1.72. The van der Waals surface area contributed by atoms with Gasteiger partial charge in [-0.05, 0) is 32.6 Å². The van der Waals surface area contributed by atoms with Crippen molar-refractivity contribution in [2.24, 2.45) is 0 Å². The van der Waals surface area contributed by atoms with Gasteiger partial charge in [0.2, 0.25) is 5.88 Å². The molecule has 0 saturated heterocycles. The largest absolute Gasteiger partial charge is 0.476 e. The van der Waals surface area contributed by atoms with Crippen LogP contribution in [-0.4, -0.2) is 42.9 Å². The number of pyridine rings is 1. The van der Waals surface area contributed by atoms with Crippen LogP contribution < -0.4 is 10.5 Å². The number of aromatic nitrogens is 1. The van der Waals surface area contributed by atoms with Gasteiger partial charge in [-0.2, -0.15) is 0 Å². The van der Waals surface area contributed by atoms with Crippen molar-refractivity contribution in [1.29, 1.82) is 0 Å². The van der Waals surface area contributed by atoms with Crippen molar-refractivity contribution in [1.82, 2.24) is 9.88 Å². The first-order chi connectivity index (χ1) is 8.13. The summed E-state index contributed by atoms with van der Waals surface area (Å²) in [5.74, 6) is 1.57. The molecule has 0 bridgehead atoms. The number of nitrogen functional groups attached to an aromatic ring is 1. The van der Waals surface area contributed by atoms with E-state index in [-0.39, 0.29) is 0 Å². The Bertz CT molecular complexity index is 345. The standard InChI is InChI=1S/C12H21N3OS/c1-4-8-16-12-10(13)5-6-11(14-12)17-9-7-15(2)3/h5-6H,4,7-9,13H2,1-3H3. The van der Waals surface area contributed by atoms with Crippen molar-refractivity contribution < 1.29 is 4.74 Å². The molecule has 2 N–H and O–H groups in total. The summed E-state index contributed by atoms with van der Waals surface area (Å²) < 4.78 is 5.49. The van der Waals surface area contributed by atoms with E-state index in [1.54, 1.807) is 11.8 Å². The molecule has 1 heterocycles. The number of ether oxygens (including phenoxy) is 1. The van der Waals surface area contributed by atoms with Crippen LogP contribution in [-0.2, 0) is 0 Å². The van der Waals surface area contributed by atoms with Gasteiger partial charge in [0.15, 0.2) is 0 Å². The molecule has 1 aromatic rings. The van der Waals surface area contributed by atoms with Crippen molar-refractivity contribution in [2.45, 2.75) is 18.4 Å². The third kappa shape index (κ3) is 5.28. The summed E-state index contributed by atoms with van der Waals surface area (Å²) in [4.78, 5) is 6.56. The summed E-state index contributed by atoms with van der Waals surface area (Å²) in [5.41, 5.74) is 6.41. The maximum Gasteiger partial charge on any atom is 0.238 e. The van der Waals surface area contributed by atoms with Crippen molar-refractivity contribution >= 4 is 17.4 Å². The van der Waals surface area contributed by atoms with Crippen molar-refractivity contribution in [3.8, 4) is 5.88 Å². The second kappa shape index (κ2) is 7.40. The van der Waals surface area contributed by atoms with E-state index in [0.29, 0.717) is 18.2 Å².